The van der Waals surface area contributed by atoms with E-state index in [0.717, 1.165) is 38.1 Å². The standard InChI is InChI=1S/C20H25N3O4S/c1-3-27-18(25)9-8-17(24)22-20(28)21-16-6-4-15(5-7-16)19(26)23-12-10-14(2)11-13-23/h4-9,14H,3,10-13H2,1-2H3,(H2,21,22,24,28)/b9-8+. The van der Waals surface area contributed by atoms with E-state index in [0.29, 0.717) is 17.2 Å². The number of hydrogen-bond donors (Lipinski definition) is 2. The first-order valence-electron chi connectivity index (χ1n) is 9.25. The summed E-state index contributed by atoms with van der Waals surface area (Å²) in [7, 11) is 0. The molecule has 0 aromatic heterocycles. The second kappa shape index (κ2) is 10.6. The number of anilines is 1. The van der Waals surface area contributed by atoms with Crippen molar-refractivity contribution >= 4 is 40.8 Å². The molecule has 0 aliphatic carbocycles. The molecule has 0 saturated carbocycles. The van der Waals surface area contributed by atoms with E-state index in [2.05, 4.69) is 22.3 Å². The molecule has 2 amide bonds. The fraction of sp³-hybridized carbons (Fsp3) is 0.400. The van der Waals surface area contributed by atoms with E-state index >= 15 is 0 Å². The van der Waals surface area contributed by atoms with E-state index in [4.69, 9.17) is 12.2 Å². The van der Waals surface area contributed by atoms with Gasteiger partial charge in [-0.15, -0.1) is 0 Å². The molecule has 1 saturated heterocycles. The van der Waals surface area contributed by atoms with Gasteiger partial charge in [0.1, 0.15) is 0 Å². The highest BCUT2D eigenvalue weighted by Gasteiger charge is 2.21. The molecule has 1 aromatic carbocycles. The molecule has 1 fully saturated rings. The number of esters is 1. The summed E-state index contributed by atoms with van der Waals surface area (Å²) in [6, 6.07) is 6.92. The summed E-state index contributed by atoms with van der Waals surface area (Å²) in [4.78, 5) is 37.3. The Morgan fingerprint density at radius 2 is 1.82 bits per heavy atom. The van der Waals surface area contributed by atoms with Gasteiger partial charge in [-0.25, -0.2) is 4.79 Å². The molecule has 1 aliphatic rings. The maximum absolute atomic E-state index is 12.5. The van der Waals surface area contributed by atoms with Crippen molar-refractivity contribution in [3.8, 4) is 0 Å². The Balaban J connectivity index is 1.84. The maximum Gasteiger partial charge on any atom is 0.330 e. The zero-order chi connectivity index (χ0) is 20.5. The Bertz CT molecular complexity index is 753. The third-order valence-electron chi connectivity index (χ3n) is 4.35. The molecule has 0 radical (unpaired) electrons. The number of thiocarbonyl (C=S) groups is 1. The highest BCUT2D eigenvalue weighted by Crippen LogP contribution is 2.19. The van der Waals surface area contributed by atoms with Gasteiger partial charge in [0, 0.05) is 36.5 Å². The van der Waals surface area contributed by atoms with Crippen molar-refractivity contribution in [2.24, 2.45) is 5.92 Å². The number of rotatable bonds is 5. The minimum atomic E-state index is -0.597. The van der Waals surface area contributed by atoms with Gasteiger partial charge in [0.15, 0.2) is 5.11 Å². The fourth-order valence-corrected chi connectivity index (χ4v) is 2.96. The second-order valence-corrected chi connectivity index (χ2v) is 6.99. The summed E-state index contributed by atoms with van der Waals surface area (Å²) in [6.45, 7) is 5.69. The SMILES string of the molecule is CCOC(=O)/C=C/C(=O)NC(=S)Nc1ccc(C(=O)N2CCC(C)CC2)cc1. The van der Waals surface area contributed by atoms with Crippen molar-refractivity contribution in [3.63, 3.8) is 0 Å². The summed E-state index contributed by atoms with van der Waals surface area (Å²) in [5, 5.41) is 5.38. The van der Waals surface area contributed by atoms with Gasteiger partial charge in [0.2, 0.25) is 5.91 Å². The van der Waals surface area contributed by atoms with Crippen LogP contribution in [0, 0.1) is 5.92 Å². The topological polar surface area (TPSA) is 87.7 Å². The molecule has 0 unspecified atom stereocenters. The van der Waals surface area contributed by atoms with Crippen molar-refractivity contribution in [1.82, 2.24) is 10.2 Å². The number of nitrogens with zero attached hydrogens (tertiary/aromatic N) is 1. The second-order valence-electron chi connectivity index (χ2n) is 6.58. The summed E-state index contributed by atoms with van der Waals surface area (Å²) in [5.74, 6) is -0.450. The lowest BCUT2D eigenvalue weighted by atomic mass is 9.98. The largest absolute Gasteiger partial charge is 0.463 e. The number of amides is 2. The van der Waals surface area contributed by atoms with Crippen LogP contribution in [-0.2, 0) is 14.3 Å². The van der Waals surface area contributed by atoms with Gasteiger partial charge in [-0.1, -0.05) is 6.92 Å². The van der Waals surface area contributed by atoms with Crippen molar-refractivity contribution in [3.05, 3.63) is 42.0 Å². The molecular weight excluding hydrogens is 378 g/mol. The normalized spacial score (nSPS) is 14.6. The van der Waals surface area contributed by atoms with Crippen LogP contribution in [0.5, 0.6) is 0 Å². The molecule has 150 valence electrons. The van der Waals surface area contributed by atoms with Crippen LogP contribution in [0.1, 0.15) is 37.0 Å². The summed E-state index contributed by atoms with van der Waals surface area (Å²) in [6.07, 6.45) is 4.14. The van der Waals surface area contributed by atoms with Gasteiger partial charge in [0.25, 0.3) is 5.91 Å². The number of benzene rings is 1. The van der Waals surface area contributed by atoms with Crippen LogP contribution in [0.2, 0.25) is 0 Å². The number of likely N-dealkylation sites (tertiary alicyclic amines) is 1. The number of piperidine rings is 1. The highest BCUT2D eigenvalue weighted by molar-refractivity contribution is 7.80. The Kier molecular flexibility index (Phi) is 8.13. The number of ether oxygens (including phenoxy) is 1. The predicted molar refractivity (Wildman–Crippen MR) is 111 cm³/mol. The lowest BCUT2D eigenvalue weighted by molar-refractivity contribution is -0.137. The molecule has 1 aromatic rings. The van der Waals surface area contributed by atoms with Crippen LogP contribution in [0.15, 0.2) is 36.4 Å². The Morgan fingerprint density at radius 3 is 2.43 bits per heavy atom. The van der Waals surface area contributed by atoms with Crippen molar-refractivity contribution in [2.75, 3.05) is 25.0 Å². The van der Waals surface area contributed by atoms with Gasteiger partial charge in [-0.05, 0) is 62.2 Å². The summed E-state index contributed by atoms with van der Waals surface area (Å²) >= 11 is 5.07. The monoisotopic (exact) mass is 403 g/mol. The molecule has 2 N–H and O–H groups in total. The molecular formula is C20H25N3O4S. The van der Waals surface area contributed by atoms with E-state index in [1.165, 1.54) is 0 Å². The Hall–Kier alpha value is -2.74. The first-order valence-corrected chi connectivity index (χ1v) is 9.66. The van der Waals surface area contributed by atoms with Crippen LogP contribution in [-0.4, -0.2) is 47.5 Å². The average molecular weight is 404 g/mol. The van der Waals surface area contributed by atoms with E-state index in [1.807, 2.05) is 4.90 Å². The molecule has 0 spiro atoms. The molecule has 0 atom stereocenters. The van der Waals surface area contributed by atoms with Gasteiger partial charge in [-0.3, -0.25) is 14.9 Å². The maximum atomic E-state index is 12.5. The van der Waals surface area contributed by atoms with Crippen LogP contribution >= 0.6 is 12.2 Å². The minimum absolute atomic E-state index is 0.0263. The third kappa shape index (κ3) is 6.77. The van der Waals surface area contributed by atoms with Crippen LogP contribution in [0.25, 0.3) is 0 Å². The van der Waals surface area contributed by atoms with E-state index in [-0.39, 0.29) is 17.6 Å². The minimum Gasteiger partial charge on any atom is -0.463 e. The number of nitrogens with one attached hydrogen (secondary N) is 2. The van der Waals surface area contributed by atoms with E-state index < -0.39 is 11.9 Å². The zero-order valence-corrected chi connectivity index (χ0v) is 16.9. The molecule has 8 heteroatoms. The van der Waals surface area contributed by atoms with Crippen LogP contribution in [0.4, 0.5) is 5.69 Å². The molecule has 1 heterocycles. The van der Waals surface area contributed by atoms with Crippen LogP contribution < -0.4 is 10.6 Å². The van der Waals surface area contributed by atoms with Gasteiger partial charge in [-0.2, -0.15) is 0 Å². The summed E-state index contributed by atoms with van der Waals surface area (Å²) < 4.78 is 4.69. The molecule has 1 aliphatic heterocycles. The average Bonchev–Trinajstić information content (AvgIpc) is 2.67. The first kappa shape index (κ1) is 21.6. The third-order valence-corrected chi connectivity index (χ3v) is 4.56. The van der Waals surface area contributed by atoms with Crippen molar-refractivity contribution in [1.29, 1.82) is 0 Å². The summed E-state index contributed by atoms with van der Waals surface area (Å²) in [5.41, 5.74) is 1.26. The quantitative estimate of drug-likeness (QED) is 0.446. The number of hydrogen-bond acceptors (Lipinski definition) is 5. The molecule has 0 bridgehead atoms. The first-order chi connectivity index (χ1) is 13.4. The Morgan fingerprint density at radius 1 is 1.18 bits per heavy atom. The zero-order valence-electron chi connectivity index (χ0n) is 16.1. The fourth-order valence-electron chi connectivity index (χ4n) is 2.74. The van der Waals surface area contributed by atoms with Crippen molar-refractivity contribution in [2.45, 2.75) is 26.7 Å². The van der Waals surface area contributed by atoms with Crippen molar-refractivity contribution < 1.29 is 19.1 Å². The van der Waals surface area contributed by atoms with Gasteiger partial charge < -0.3 is 15.0 Å². The van der Waals surface area contributed by atoms with Gasteiger partial charge in [0.05, 0.1) is 6.61 Å². The van der Waals surface area contributed by atoms with E-state index in [9.17, 15) is 14.4 Å². The smallest absolute Gasteiger partial charge is 0.330 e. The molecule has 2 rings (SSSR count). The predicted octanol–water partition coefficient (Wildman–Crippen LogP) is 2.49. The number of carbonyl (C=O) groups excluding carboxylic acids is 3. The molecule has 28 heavy (non-hydrogen) atoms. The lowest BCUT2D eigenvalue weighted by Gasteiger charge is -2.30. The van der Waals surface area contributed by atoms with Gasteiger partial charge >= 0.3 is 5.97 Å². The highest BCUT2D eigenvalue weighted by atomic mass is 32.1. The number of carbonyl (C=O) groups is 3. The van der Waals surface area contributed by atoms with Crippen LogP contribution in [0.3, 0.4) is 0 Å². The Labute approximate surface area is 170 Å². The lowest BCUT2D eigenvalue weighted by Crippen LogP contribution is -2.37. The van der Waals surface area contributed by atoms with E-state index in [1.54, 1.807) is 31.2 Å². The molecule has 7 nitrogen and oxygen atoms in total.